The van der Waals surface area contributed by atoms with Crippen LogP contribution in [0.1, 0.15) is 73.8 Å². The number of carbonyl (C=O) groups is 2. The molecule has 0 fully saturated rings. The van der Waals surface area contributed by atoms with E-state index in [1.54, 1.807) is 42.6 Å². The average molecular weight is 802 g/mol. The van der Waals surface area contributed by atoms with E-state index in [1.807, 2.05) is 32.0 Å². The number of aryl methyl sites for hydroxylation is 2. The summed E-state index contributed by atoms with van der Waals surface area (Å²) in [6, 6.07) is 7.90. The van der Waals surface area contributed by atoms with Crippen LogP contribution in [0.4, 0.5) is 28.3 Å². The van der Waals surface area contributed by atoms with E-state index < -0.39 is 41.3 Å². The first kappa shape index (κ1) is 40.0. The van der Waals surface area contributed by atoms with Crippen LogP contribution in [-0.4, -0.2) is 65.0 Å². The SMILES string of the molecule is CCc1cccc(CC)c1-n1nc2c(c1-c1c(F)cc(COC(=O)[C@H](Cc3cnc[nH]3)NC(=O)OC(C)(C)C)c3[nH]ccc13)CN(c1ncc(C(F)(F)F)cn1)CC2. The molecule has 304 valence electrons. The molecule has 0 saturated carbocycles. The number of esters is 1. The van der Waals surface area contributed by atoms with E-state index in [0.29, 0.717) is 64.9 Å². The molecular weight excluding hydrogens is 759 g/mol. The fourth-order valence-electron chi connectivity index (χ4n) is 7.21. The fourth-order valence-corrected chi connectivity index (χ4v) is 7.21. The monoisotopic (exact) mass is 801 g/mol. The highest BCUT2D eigenvalue weighted by Crippen LogP contribution is 2.41. The van der Waals surface area contributed by atoms with Crippen molar-refractivity contribution in [2.24, 2.45) is 0 Å². The zero-order valence-corrected chi connectivity index (χ0v) is 32.6. The number of anilines is 1. The van der Waals surface area contributed by atoms with Gasteiger partial charge in [0, 0.05) is 78.5 Å². The number of aromatic amines is 2. The Hall–Kier alpha value is -6.26. The van der Waals surface area contributed by atoms with Crippen molar-refractivity contribution >= 4 is 28.9 Å². The Morgan fingerprint density at radius 3 is 2.36 bits per heavy atom. The number of fused-ring (bicyclic) bond motifs is 2. The molecule has 0 radical (unpaired) electrons. The van der Waals surface area contributed by atoms with Gasteiger partial charge in [-0.25, -0.2) is 33.6 Å². The molecule has 58 heavy (non-hydrogen) atoms. The van der Waals surface area contributed by atoms with Crippen LogP contribution in [0.2, 0.25) is 0 Å². The number of carbonyl (C=O) groups excluding carboxylic acids is 2. The Morgan fingerprint density at radius 2 is 1.72 bits per heavy atom. The van der Waals surface area contributed by atoms with Gasteiger partial charge in [-0.05, 0) is 56.9 Å². The normalized spacial score (nSPS) is 13.7. The van der Waals surface area contributed by atoms with Crippen LogP contribution in [0, 0.1) is 5.82 Å². The number of para-hydroxylation sites is 1. The van der Waals surface area contributed by atoms with Crippen molar-refractivity contribution < 1.29 is 36.6 Å². The van der Waals surface area contributed by atoms with E-state index in [1.165, 1.54) is 18.6 Å². The minimum atomic E-state index is -4.59. The first-order valence-corrected chi connectivity index (χ1v) is 18.9. The van der Waals surface area contributed by atoms with Gasteiger partial charge in [0.1, 0.15) is 24.1 Å². The van der Waals surface area contributed by atoms with Crippen molar-refractivity contribution in [3.63, 3.8) is 0 Å². The third-order valence-electron chi connectivity index (χ3n) is 9.90. The molecule has 1 aliphatic rings. The highest BCUT2D eigenvalue weighted by molar-refractivity contribution is 5.98. The minimum Gasteiger partial charge on any atom is -0.459 e. The van der Waals surface area contributed by atoms with Crippen molar-refractivity contribution in [2.75, 3.05) is 11.4 Å². The Kier molecular flexibility index (Phi) is 11.0. The van der Waals surface area contributed by atoms with Gasteiger partial charge in [0.05, 0.1) is 34.5 Å². The topological polar surface area (TPSA) is 156 Å². The highest BCUT2D eigenvalue weighted by atomic mass is 19.4. The lowest BCUT2D eigenvalue weighted by atomic mass is 9.95. The maximum absolute atomic E-state index is 17.1. The van der Waals surface area contributed by atoms with Crippen molar-refractivity contribution in [3.8, 4) is 16.9 Å². The molecule has 1 amide bonds. The van der Waals surface area contributed by atoms with Gasteiger partial charge in [-0.1, -0.05) is 32.0 Å². The van der Waals surface area contributed by atoms with Crippen molar-refractivity contribution in [1.29, 1.82) is 0 Å². The molecule has 7 rings (SSSR count). The molecule has 6 aromatic rings. The second-order valence-electron chi connectivity index (χ2n) is 15.0. The second-order valence-corrected chi connectivity index (χ2v) is 15.0. The molecule has 0 saturated heterocycles. The number of hydrogen-bond acceptors (Lipinski definition) is 9. The molecule has 17 heteroatoms. The van der Waals surface area contributed by atoms with Gasteiger partial charge in [-0.2, -0.15) is 18.3 Å². The van der Waals surface area contributed by atoms with E-state index in [2.05, 4.69) is 30.2 Å². The smallest absolute Gasteiger partial charge is 0.419 e. The lowest BCUT2D eigenvalue weighted by Crippen LogP contribution is -2.45. The molecule has 3 N–H and O–H groups in total. The lowest BCUT2D eigenvalue weighted by molar-refractivity contribution is -0.147. The summed E-state index contributed by atoms with van der Waals surface area (Å²) in [6.45, 7) is 9.37. The van der Waals surface area contributed by atoms with E-state index in [-0.39, 0.29) is 31.1 Å². The minimum absolute atomic E-state index is 0.0336. The summed E-state index contributed by atoms with van der Waals surface area (Å²) in [5, 5.41) is 8.17. The Bertz CT molecular complexity index is 2410. The van der Waals surface area contributed by atoms with Crippen LogP contribution in [0.25, 0.3) is 27.8 Å². The van der Waals surface area contributed by atoms with Crippen LogP contribution in [-0.2, 0) is 59.3 Å². The van der Waals surface area contributed by atoms with E-state index in [9.17, 15) is 22.8 Å². The van der Waals surface area contributed by atoms with Gasteiger partial charge < -0.3 is 29.7 Å². The number of imidazole rings is 1. The maximum Gasteiger partial charge on any atom is 0.419 e. The summed E-state index contributed by atoms with van der Waals surface area (Å²) >= 11 is 0. The number of aromatic nitrogens is 7. The van der Waals surface area contributed by atoms with Crippen molar-refractivity contribution in [2.45, 2.75) is 91.3 Å². The maximum atomic E-state index is 17.1. The van der Waals surface area contributed by atoms with Gasteiger partial charge in [-0.15, -0.1) is 0 Å². The van der Waals surface area contributed by atoms with Crippen LogP contribution in [0.3, 0.4) is 0 Å². The number of ether oxygens (including phenoxy) is 2. The van der Waals surface area contributed by atoms with Crippen LogP contribution in [0.5, 0.6) is 0 Å². The number of hydrogen-bond donors (Lipinski definition) is 3. The number of alkyl carbamates (subject to hydrolysis) is 1. The van der Waals surface area contributed by atoms with Crippen LogP contribution >= 0.6 is 0 Å². The summed E-state index contributed by atoms with van der Waals surface area (Å²) in [5.41, 5.74) is 4.60. The predicted molar refractivity (Wildman–Crippen MR) is 207 cm³/mol. The third kappa shape index (κ3) is 8.24. The Labute approximate surface area is 331 Å². The first-order valence-electron chi connectivity index (χ1n) is 18.9. The largest absolute Gasteiger partial charge is 0.459 e. The molecule has 1 atom stereocenters. The Morgan fingerprint density at radius 1 is 1.00 bits per heavy atom. The van der Waals surface area contributed by atoms with E-state index in [4.69, 9.17) is 14.6 Å². The standard InChI is InChI=1S/C41H43F4N9O4/c1-6-23-9-8-10-24(7-2)35(23)54-36(29-20-53(14-12-31(29)52-54)38-48-17-26(18-49-38)41(43,44)45)33-28-11-13-47-34(28)25(15-30(33)42)21-57-37(55)32(16-27-19-46-22-50-27)51-39(56)58-40(3,4)5/h8-11,13,15,17-19,22,32,47H,6-7,12,14,16,20-21H2,1-5H3,(H,46,50)(H,51,56)/t32-/m0/s1. The molecule has 13 nitrogen and oxygen atoms in total. The van der Waals surface area contributed by atoms with Crippen molar-refractivity contribution in [3.05, 3.63) is 106 Å². The third-order valence-corrected chi connectivity index (χ3v) is 9.90. The van der Waals surface area contributed by atoms with Crippen molar-refractivity contribution in [1.82, 2.24) is 40.0 Å². The number of nitrogens with zero attached hydrogens (tertiary/aromatic N) is 6. The van der Waals surface area contributed by atoms with E-state index >= 15 is 4.39 Å². The van der Waals surface area contributed by atoms with E-state index in [0.717, 1.165) is 29.2 Å². The van der Waals surface area contributed by atoms with Gasteiger partial charge >= 0.3 is 18.2 Å². The molecule has 2 aromatic carbocycles. The first-order chi connectivity index (χ1) is 27.6. The number of rotatable bonds is 11. The summed E-state index contributed by atoms with van der Waals surface area (Å²) in [4.78, 5) is 46.2. The van der Waals surface area contributed by atoms with Gasteiger partial charge in [0.2, 0.25) is 5.95 Å². The molecule has 0 unspecified atom stereocenters. The summed E-state index contributed by atoms with van der Waals surface area (Å²) in [6.07, 6.45) is 2.54. The van der Waals surface area contributed by atoms with Gasteiger partial charge in [-0.3, -0.25) is 0 Å². The van der Waals surface area contributed by atoms with Crippen LogP contribution < -0.4 is 10.2 Å². The average Bonchev–Trinajstić information content (AvgIpc) is 3.96. The zero-order valence-electron chi connectivity index (χ0n) is 32.6. The van der Waals surface area contributed by atoms with Gasteiger partial charge in [0.25, 0.3) is 0 Å². The molecule has 4 aromatic heterocycles. The number of nitrogens with one attached hydrogen (secondary N) is 3. The number of amides is 1. The molecule has 0 bridgehead atoms. The highest BCUT2D eigenvalue weighted by Gasteiger charge is 2.34. The van der Waals surface area contributed by atoms with Crippen LogP contribution in [0.15, 0.2) is 61.4 Å². The summed E-state index contributed by atoms with van der Waals surface area (Å²) < 4.78 is 70.0. The summed E-state index contributed by atoms with van der Waals surface area (Å²) in [7, 11) is 0. The number of benzene rings is 2. The number of H-pyrrole nitrogens is 2. The molecular formula is C41H43F4N9O4. The molecule has 1 aliphatic heterocycles. The molecule has 0 spiro atoms. The quantitative estimate of drug-likeness (QED) is 0.0889. The predicted octanol–water partition coefficient (Wildman–Crippen LogP) is 7.56. The number of halogens is 4. The Balaban J connectivity index is 1.28. The fraction of sp³-hybridized carbons (Fsp3) is 0.366. The summed E-state index contributed by atoms with van der Waals surface area (Å²) in [5.74, 6) is -1.28. The lowest BCUT2D eigenvalue weighted by Gasteiger charge is -2.27. The van der Waals surface area contributed by atoms with Gasteiger partial charge in [0.15, 0.2) is 0 Å². The zero-order chi connectivity index (χ0) is 41.4. The second kappa shape index (κ2) is 15.9. The molecule has 0 aliphatic carbocycles. The number of alkyl halides is 3. The molecule has 5 heterocycles.